The summed E-state index contributed by atoms with van der Waals surface area (Å²) in [5, 5.41) is 0. The Bertz CT molecular complexity index is 435. The molecule has 0 saturated carbocycles. The van der Waals surface area contributed by atoms with Crippen LogP contribution in [0.4, 0.5) is 0 Å². The summed E-state index contributed by atoms with van der Waals surface area (Å²) < 4.78 is 22.8. The van der Waals surface area contributed by atoms with E-state index >= 15 is 0 Å². The highest BCUT2D eigenvalue weighted by Crippen LogP contribution is 2.22. The molecule has 1 unspecified atom stereocenters. The predicted molar refractivity (Wildman–Crippen MR) is 56.9 cm³/mol. The van der Waals surface area contributed by atoms with Crippen molar-refractivity contribution in [3.63, 3.8) is 0 Å². The van der Waals surface area contributed by atoms with E-state index in [0.29, 0.717) is 4.90 Å². The van der Waals surface area contributed by atoms with Crippen LogP contribution >= 0.6 is 0 Å². The summed E-state index contributed by atoms with van der Waals surface area (Å²) in [6, 6.07) is 5.05. The summed E-state index contributed by atoms with van der Waals surface area (Å²) in [4.78, 5) is 0.368. The topological polar surface area (TPSA) is 60.2 Å². The fourth-order valence-corrected chi connectivity index (χ4v) is 2.53. The first-order valence-electron chi connectivity index (χ1n) is 4.39. The zero-order valence-electron chi connectivity index (χ0n) is 8.61. The molecule has 2 N–H and O–H groups in total. The monoisotopic (exact) mass is 213 g/mol. The Morgan fingerprint density at radius 3 is 2.36 bits per heavy atom. The summed E-state index contributed by atoms with van der Waals surface area (Å²) in [6.07, 6.45) is 1.21. The maximum atomic E-state index is 11.4. The molecule has 0 fully saturated rings. The Labute approximate surface area is 84.9 Å². The molecule has 0 spiro atoms. The summed E-state index contributed by atoms with van der Waals surface area (Å²) >= 11 is 0. The van der Waals surface area contributed by atoms with Crippen LogP contribution in [0.15, 0.2) is 23.1 Å². The minimum atomic E-state index is -3.15. The second kappa shape index (κ2) is 3.71. The highest BCUT2D eigenvalue weighted by molar-refractivity contribution is 7.90. The third kappa shape index (κ3) is 2.13. The average Bonchev–Trinajstić information content (AvgIpc) is 2.01. The van der Waals surface area contributed by atoms with Crippen molar-refractivity contribution < 1.29 is 8.42 Å². The molecule has 0 aliphatic carbocycles. The van der Waals surface area contributed by atoms with Gasteiger partial charge in [0.25, 0.3) is 0 Å². The van der Waals surface area contributed by atoms with Gasteiger partial charge in [0.2, 0.25) is 0 Å². The minimum absolute atomic E-state index is 0.142. The molecule has 0 aromatic heterocycles. The van der Waals surface area contributed by atoms with Crippen molar-refractivity contribution in [2.45, 2.75) is 24.8 Å². The van der Waals surface area contributed by atoms with Crippen LogP contribution in [0.5, 0.6) is 0 Å². The van der Waals surface area contributed by atoms with E-state index in [2.05, 4.69) is 0 Å². The van der Waals surface area contributed by atoms with Crippen molar-refractivity contribution >= 4 is 9.84 Å². The van der Waals surface area contributed by atoms with Gasteiger partial charge in [-0.2, -0.15) is 0 Å². The van der Waals surface area contributed by atoms with Crippen molar-refractivity contribution in [2.24, 2.45) is 5.73 Å². The minimum Gasteiger partial charge on any atom is -0.324 e. The summed E-state index contributed by atoms with van der Waals surface area (Å²) in [5.74, 6) is 0. The predicted octanol–water partition coefficient (Wildman–Crippen LogP) is 1.42. The standard InChI is InChI=1S/C10H15NO2S/c1-7-9(8(2)11)5-4-6-10(7)14(3,12)13/h4-6,8H,11H2,1-3H3. The molecule has 0 heterocycles. The molecule has 14 heavy (non-hydrogen) atoms. The molecule has 1 aromatic rings. The second-order valence-electron chi connectivity index (χ2n) is 3.53. The Hall–Kier alpha value is -0.870. The van der Waals surface area contributed by atoms with Gasteiger partial charge in [-0.25, -0.2) is 8.42 Å². The molecule has 1 rings (SSSR count). The maximum Gasteiger partial charge on any atom is 0.175 e. The number of hydrogen-bond acceptors (Lipinski definition) is 3. The first-order chi connectivity index (χ1) is 6.34. The van der Waals surface area contributed by atoms with Gasteiger partial charge in [0.15, 0.2) is 9.84 Å². The molecule has 0 bridgehead atoms. The van der Waals surface area contributed by atoms with Gasteiger partial charge < -0.3 is 5.73 Å². The Morgan fingerprint density at radius 1 is 1.36 bits per heavy atom. The van der Waals surface area contributed by atoms with Crippen LogP contribution in [0, 0.1) is 6.92 Å². The van der Waals surface area contributed by atoms with Gasteiger partial charge in [-0.15, -0.1) is 0 Å². The second-order valence-corrected chi connectivity index (χ2v) is 5.52. The van der Waals surface area contributed by atoms with Gasteiger partial charge in [0.05, 0.1) is 4.90 Å². The van der Waals surface area contributed by atoms with E-state index in [4.69, 9.17) is 5.73 Å². The molecular weight excluding hydrogens is 198 g/mol. The van der Waals surface area contributed by atoms with Crippen molar-refractivity contribution in [2.75, 3.05) is 6.26 Å². The lowest BCUT2D eigenvalue weighted by Gasteiger charge is -2.12. The molecule has 3 nitrogen and oxygen atoms in total. The zero-order valence-corrected chi connectivity index (χ0v) is 9.43. The molecule has 4 heteroatoms. The summed E-state index contributed by atoms with van der Waals surface area (Å²) in [5.41, 5.74) is 7.37. The van der Waals surface area contributed by atoms with Gasteiger partial charge in [0, 0.05) is 12.3 Å². The average molecular weight is 213 g/mol. The van der Waals surface area contributed by atoms with E-state index in [-0.39, 0.29) is 6.04 Å². The number of nitrogens with two attached hydrogens (primary N) is 1. The Kier molecular flexibility index (Phi) is 2.97. The van der Waals surface area contributed by atoms with E-state index < -0.39 is 9.84 Å². The highest BCUT2D eigenvalue weighted by Gasteiger charge is 2.14. The van der Waals surface area contributed by atoms with Crippen LogP contribution in [0.3, 0.4) is 0 Å². The first kappa shape index (κ1) is 11.2. The Balaban J connectivity index is 3.43. The fraction of sp³-hybridized carbons (Fsp3) is 0.400. The van der Waals surface area contributed by atoms with Crippen LogP contribution in [0.2, 0.25) is 0 Å². The molecule has 1 aromatic carbocycles. The molecule has 0 saturated heterocycles. The third-order valence-corrected chi connectivity index (χ3v) is 3.46. The van der Waals surface area contributed by atoms with Crippen LogP contribution in [-0.2, 0) is 9.84 Å². The molecule has 0 aliphatic rings. The maximum absolute atomic E-state index is 11.4. The lowest BCUT2D eigenvalue weighted by Crippen LogP contribution is -2.10. The smallest absolute Gasteiger partial charge is 0.175 e. The van der Waals surface area contributed by atoms with Gasteiger partial charge in [0.1, 0.15) is 0 Å². The van der Waals surface area contributed by atoms with Crippen LogP contribution in [-0.4, -0.2) is 14.7 Å². The molecule has 1 atom stereocenters. The van der Waals surface area contributed by atoms with E-state index in [0.717, 1.165) is 11.1 Å². The Morgan fingerprint density at radius 2 is 1.93 bits per heavy atom. The van der Waals surface area contributed by atoms with Gasteiger partial charge in [-0.05, 0) is 31.0 Å². The van der Waals surface area contributed by atoms with E-state index in [1.165, 1.54) is 6.26 Å². The zero-order chi connectivity index (χ0) is 10.9. The van der Waals surface area contributed by atoms with Crippen LogP contribution in [0.1, 0.15) is 24.1 Å². The normalized spacial score (nSPS) is 14.0. The number of benzene rings is 1. The van der Waals surface area contributed by atoms with E-state index in [1.54, 1.807) is 19.1 Å². The van der Waals surface area contributed by atoms with Gasteiger partial charge >= 0.3 is 0 Å². The van der Waals surface area contributed by atoms with Crippen molar-refractivity contribution in [1.82, 2.24) is 0 Å². The summed E-state index contributed by atoms with van der Waals surface area (Å²) in [7, 11) is -3.15. The quantitative estimate of drug-likeness (QED) is 0.808. The lowest BCUT2D eigenvalue weighted by atomic mass is 10.0. The SMILES string of the molecule is Cc1c(C(C)N)cccc1S(C)(=O)=O. The molecule has 0 radical (unpaired) electrons. The van der Waals surface area contributed by atoms with Crippen LogP contribution < -0.4 is 5.73 Å². The van der Waals surface area contributed by atoms with Gasteiger partial charge in [-0.3, -0.25) is 0 Å². The van der Waals surface area contributed by atoms with E-state index in [1.807, 2.05) is 13.0 Å². The fourth-order valence-electron chi connectivity index (χ4n) is 1.53. The third-order valence-electron chi connectivity index (χ3n) is 2.22. The molecule has 0 aliphatic heterocycles. The number of rotatable bonds is 2. The van der Waals surface area contributed by atoms with Gasteiger partial charge in [-0.1, -0.05) is 12.1 Å². The van der Waals surface area contributed by atoms with Crippen molar-refractivity contribution in [3.05, 3.63) is 29.3 Å². The highest BCUT2D eigenvalue weighted by atomic mass is 32.2. The molecule has 78 valence electrons. The van der Waals surface area contributed by atoms with Crippen molar-refractivity contribution in [1.29, 1.82) is 0 Å². The molecular formula is C10H15NO2S. The number of sulfone groups is 1. The first-order valence-corrected chi connectivity index (χ1v) is 6.28. The lowest BCUT2D eigenvalue weighted by molar-refractivity contribution is 0.601. The summed E-state index contributed by atoms with van der Waals surface area (Å²) in [6.45, 7) is 3.63. The largest absolute Gasteiger partial charge is 0.324 e. The van der Waals surface area contributed by atoms with E-state index in [9.17, 15) is 8.42 Å². The van der Waals surface area contributed by atoms with Crippen LogP contribution in [0.25, 0.3) is 0 Å². The number of hydrogen-bond donors (Lipinski definition) is 1. The van der Waals surface area contributed by atoms with Crippen molar-refractivity contribution in [3.8, 4) is 0 Å². The molecule has 0 amide bonds.